The Morgan fingerprint density at radius 2 is 1.88 bits per heavy atom. The number of fused-ring (bicyclic) bond motifs is 1. The predicted octanol–water partition coefficient (Wildman–Crippen LogP) is 1.08. The minimum Gasteiger partial charge on any atom is -0.354 e. The van der Waals surface area contributed by atoms with Gasteiger partial charge in [-0.05, 0) is 25.1 Å². The van der Waals surface area contributed by atoms with Crippen LogP contribution in [-0.2, 0) is 10.0 Å². The Hall–Kier alpha value is -2.59. The average molecular weight is 376 g/mol. The molecule has 4 rings (SSSR count). The van der Waals surface area contributed by atoms with E-state index in [1.807, 2.05) is 17.9 Å². The van der Waals surface area contributed by atoms with Crippen LogP contribution in [0.5, 0.6) is 0 Å². The summed E-state index contributed by atoms with van der Waals surface area (Å²) in [4.78, 5) is 10.4. The SMILES string of the molecule is Cc1cc(N2CCN(S(=O)(=O)c3cccc(F)c3)CC2)n2ncnc2n1. The lowest BCUT2D eigenvalue weighted by molar-refractivity contribution is 0.382. The van der Waals surface area contributed by atoms with E-state index in [1.165, 1.54) is 28.8 Å². The summed E-state index contributed by atoms with van der Waals surface area (Å²) >= 11 is 0. The third kappa shape index (κ3) is 2.90. The molecule has 1 aliphatic rings. The van der Waals surface area contributed by atoms with Crippen LogP contribution >= 0.6 is 0 Å². The first-order valence-electron chi connectivity index (χ1n) is 8.13. The number of piperazine rings is 1. The van der Waals surface area contributed by atoms with Crippen LogP contribution in [0.4, 0.5) is 10.2 Å². The highest BCUT2D eigenvalue weighted by atomic mass is 32.2. The first-order chi connectivity index (χ1) is 12.4. The summed E-state index contributed by atoms with van der Waals surface area (Å²) in [5, 5.41) is 4.19. The highest BCUT2D eigenvalue weighted by Crippen LogP contribution is 2.22. The molecule has 10 heteroatoms. The molecule has 26 heavy (non-hydrogen) atoms. The number of sulfonamides is 1. The Kier molecular flexibility index (Phi) is 4.08. The number of nitrogens with zero attached hydrogens (tertiary/aromatic N) is 6. The number of benzene rings is 1. The molecule has 0 amide bonds. The van der Waals surface area contributed by atoms with Gasteiger partial charge in [0.1, 0.15) is 18.0 Å². The number of aromatic nitrogens is 4. The van der Waals surface area contributed by atoms with Crippen molar-refractivity contribution in [3.05, 3.63) is 48.2 Å². The van der Waals surface area contributed by atoms with Crippen LogP contribution in [0.15, 0.2) is 41.6 Å². The van der Waals surface area contributed by atoms with Gasteiger partial charge in [-0.3, -0.25) is 0 Å². The van der Waals surface area contributed by atoms with E-state index in [-0.39, 0.29) is 4.90 Å². The monoisotopic (exact) mass is 376 g/mol. The van der Waals surface area contributed by atoms with E-state index in [9.17, 15) is 12.8 Å². The van der Waals surface area contributed by atoms with Crippen molar-refractivity contribution < 1.29 is 12.8 Å². The van der Waals surface area contributed by atoms with Crippen LogP contribution in [0.1, 0.15) is 5.69 Å². The van der Waals surface area contributed by atoms with Crippen molar-refractivity contribution in [3.63, 3.8) is 0 Å². The Morgan fingerprint density at radius 3 is 2.62 bits per heavy atom. The molecule has 1 aromatic carbocycles. The fourth-order valence-corrected chi connectivity index (χ4v) is 4.52. The lowest BCUT2D eigenvalue weighted by Crippen LogP contribution is -2.49. The van der Waals surface area contributed by atoms with Gasteiger partial charge in [0.2, 0.25) is 10.0 Å². The first kappa shape index (κ1) is 16.9. The van der Waals surface area contributed by atoms with Crippen molar-refractivity contribution in [2.45, 2.75) is 11.8 Å². The molecular formula is C16H17FN6O2S. The maximum Gasteiger partial charge on any atom is 0.254 e. The lowest BCUT2D eigenvalue weighted by atomic mass is 10.3. The summed E-state index contributed by atoms with van der Waals surface area (Å²) in [6.45, 7) is 3.47. The molecule has 136 valence electrons. The zero-order chi connectivity index (χ0) is 18.3. The van der Waals surface area contributed by atoms with E-state index < -0.39 is 15.8 Å². The van der Waals surface area contributed by atoms with Crippen LogP contribution in [0.3, 0.4) is 0 Å². The number of anilines is 1. The van der Waals surface area contributed by atoms with Crippen LogP contribution < -0.4 is 4.90 Å². The number of halogens is 1. The minimum atomic E-state index is -3.71. The summed E-state index contributed by atoms with van der Waals surface area (Å²) in [5.74, 6) is 0.771. The minimum absolute atomic E-state index is 0.0237. The van der Waals surface area contributed by atoms with Gasteiger partial charge in [0.15, 0.2) is 0 Å². The normalized spacial score (nSPS) is 16.3. The molecule has 0 atom stereocenters. The molecule has 0 saturated carbocycles. The molecule has 0 unspecified atom stereocenters. The van der Waals surface area contributed by atoms with Crippen molar-refractivity contribution in [3.8, 4) is 0 Å². The van der Waals surface area contributed by atoms with Crippen LogP contribution in [0.2, 0.25) is 0 Å². The Morgan fingerprint density at radius 1 is 1.12 bits per heavy atom. The van der Waals surface area contributed by atoms with Crippen LogP contribution in [-0.4, -0.2) is 58.5 Å². The fraction of sp³-hybridized carbons (Fsp3) is 0.312. The van der Waals surface area contributed by atoms with Crippen LogP contribution in [0, 0.1) is 12.7 Å². The van der Waals surface area contributed by atoms with E-state index in [1.54, 1.807) is 4.52 Å². The van der Waals surface area contributed by atoms with Gasteiger partial charge in [0.05, 0.1) is 4.90 Å². The summed E-state index contributed by atoms with van der Waals surface area (Å²) in [7, 11) is -3.71. The van der Waals surface area contributed by atoms with Gasteiger partial charge in [-0.25, -0.2) is 17.8 Å². The maximum absolute atomic E-state index is 13.4. The maximum atomic E-state index is 13.4. The lowest BCUT2D eigenvalue weighted by Gasteiger charge is -2.35. The molecule has 8 nitrogen and oxygen atoms in total. The quantitative estimate of drug-likeness (QED) is 0.680. The number of hydrogen-bond donors (Lipinski definition) is 0. The molecule has 0 radical (unpaired) electrons. The first-order valence-corrected chi connectivity index (χ1v) is 9.57. The summed E-state index contributed by atoms with van der Waals surface area (Å²) in [6.07, 6.45) is 1.44. The van der Waals surface area contributed by atoms with Gasteiger partial charge in [0, 0.05) is 37.9 Å². The van der Waals surface area contributed by atoms with Crippen molar-refractivity contribution in [1.82, 2.24) is 23.9 Å². The van der Waals surface area contributed by atoms with Crippen molar-refractivity contribution in [2.75, 3.05) is 31.1 Å². The van der Waals surface area contributed by atoms with Gasteiger partial charge < -0.3 is 4.90 Å². The highest BCUT2D eigenvalue weighted by Gasteiger charge is 2.29. The molecule has 3 heterocycles. The molecular weight excluding hydrogens is 359 g/mol. The standard InChI is InChI=1S/C16H17FN6O2S/c1-12-9-15(23-16(20-12)18-11-19-23)21-5-7-22(8-6-21)26(24,25)14-4-2-3-13(17)10-14/h2-4,9-11H,5-8H2,1H3. The van der Waals surface area contributed by atoms with Gasteiger partial charge in [0.25, 0.3) is 5.78 Å². The summed E-state index contributed by atoms with van der Waals surface area (Å²) in [5.41, 5.74) is 0.815. The molecule has 3 aromatic rings. The van der Waals surface area contributed by atoms with Crippen molar-refractivity contribution >= 4 is 21.6 Å². The third-order valence-electron chi connectivity index (χ3n) is 4.36. The molecule has 0 N–H and O–H groups in total. The largest absolute Gasteiger partial charge is 0.354 e. The van der Waals surface area contributed by atoms with E-state index in [0.717, 1.165) is 17.6 Å². The molecule has 1 saturated heterocycles. The summed E-state index contributed by atoms with van der Waals surface area (Å²) in [6, 6.07) is 6.99. The molecule has 0 bridgehead atoms. The summed E-state index contributed by atoms with van der Waals surface area (Å²) < 4.78 is 41.8. The second-order valence-corrected chi connectivity index (χ2v) is 8.01. The third-order valence-corrected chi connectivity index (χ3v) is 6.25. The fourth-order valence-electron chi connectivity index (χ4n) is 3.07. The topological polar surface area (TPSA) is 83.7 Å². The second-order valence-electron chi connectivity index (χ2n) is 6.08. The van der Waals surface area contributed by atoms with E-state index in [0.29, 0.717) is 32.0 Å². The number of aryl methyl sites for hydroxylation is 1. The van der Waals surface area contributed by atoms with Crippen molar-refractivity contribution in [2.24, 2.45) is 0 Å². The Labute approximate surface area is 149 Å². The molecule has 2 aromatic heterocycles. The smallest absolute Gasteiger partial charge is 0.254 e. The van der Waals surface area contributed by atoms with Crippen molar-refractivity contribution in [1.29, 1.82) is 0 Å². The Bertz CT molecular complexity index is 1060. The van der Waals surface area contributed by atoms with Gasteiger partial charge in [-0.15, -0.1) is 0 Å². The predicted molar refractivity (Wildman–Crippen MR) is 92.9 cm³/mol. The van der Waals surface area contributed by atoms with Gasteiger partial charge >= 0.3 is 0 Å². The van der Waals surface area contributed by atoms with E-state index >= 15 is 0 Å². The zero-order valence-electron chi connectivity index (χ0n) is 14.1. The molecule has 1 aliphatic heterocycles. The second kappa shape index (κ2) is 6.29. The van der Waals surface area contributed by atoms with E-state index in [2.05, 4.69) is 15.1 Å². The highest BCUT2D eigenvalue weighted by molar-refractivity contribution is 7.89. The molecule has 1 fully saturated rings. The molecule has 0 aliphatic carbocycles. The van der Waals surface area contributed by atoms with Gasteiger partial charge in [-0.1, -0.05) is 6.07 Å². The molecule has 0 spiro atoms. The zero-order valence-corrected chi connectivity index (χ0v) is 14.9. The van der Waals surface area contributed by atoms with E-state index in [4.69, 9.17) is 0 Å². The number of hydrogen-bond acceptors (Lipinski definition) is 6. The van der Waals surface area contributed by atoms with Crippen LogP contribution in [0.25, 0.3) is 5.78 Å². The average Bonchev–Trinajstić information content (AvgIpc) is 3.09. The van der Waals surface area contributed by atoms with Gasteiger partial charge in [-0.2, -0.15) is 18.9 Å². The number of rotatable bonds is 3. The Balaban J connectivity index is 1.56.